The summed E-state index contributed by atoms with van der Waals surface area (Å²) >= 11 is 3.49. The van der Waals surface area contributed by atoms with E-state index < -0.39 is 0 Å². The highest BCUT2D eigenvalue weighted by Crippen LogP contribution is 2.29. The van der Waals surface area contributed by atoms with E-state index in [1.807, 2.05) is 0 Å². The monoisotopic (exact) mass is 331 g/mol. The topological polar surface area (TPSA) is 12.5 Å². The molecule has 3 heteroatoms. The number of alkyl halides is 1. The van der Waals surface area contributed by atoms with Crippen LogP contribution in [0.4, 0.5) is 0 Å². The van der Waals surface area contributed by atoms with Crippen LogP contribution in [-0.4, -0.2) is 42.1 Å². The minimum atomic E-state index is 0.568. The zero-order valence-corrected chi connectivity index (χ0v) is 13.9. The van der Waals surface area contributed by atoms with Gasteiger partial charge in [0.2, 0.25) is 0 Å². The Hall–Kier alpha value is 0.400. The van der Waals surface area contributed by atoms with Crippen molar-refractivity contribution in [1.82, 2.24) is 4.90 Å². The highest BCUT2D eigenvalue weighted by atomic mass is 79.9. The van der Waals surface area contributed by atoms with Crippen LogP contribution < -0.4 is 0 Å². The first-order valence-corrected chi connectivity index (χ1v) is 9.45. The van der Waals surface area contributed by atoms with Gasteiger partial charge in [-0.2, -0.15) is 0 Å². The van der Waals surface area contributed by atoms with Gasteiger partial charge in [-0.3, -0.25) is 4.90 Å². The number of ether oxygens (including phenoxy) is 1. The average molecular weight is 332 g/mol. The lowest BCUT2D eigenvalue weighted by atomic mass is 10.1. The van der Waals surface area contributed by atoms with Crippen LogP contribution in [0, 0.1) is 0 Å². The fourth-order valence-electron chi connectivity index (χ4n) is 3.58. The van der Waals surface area contributed by atoms with Crippen LogP contribution in [0.15, 0.2) is 0 Å². The van der Waals surface area contributed by atoms with Crippen LogP contribution in [0.2, 0.25) is 0 Å². The molecule has 2 fully saturated rings. The van der Waals surface area contributed by atoms with Gasteiger partial charge in [0.15, 0.2) is 0 Å². The van der Waals surface area contributed by atoms with Crippen LogP contribution in [0.5, 0.6) is 0 Å². The Morgan fingerprint density at radius 2 is 1.68 bits per heavy atom. The Morgan fingerprint density at radius 1 is 0.947 bits per heavy atom. The molecule has 112 valence electrons. The van der Waals surface area contributed by atoms with E-state index in [0.29, 0.717) is 6.10 Å². The Bertz CT molecular complexity index is 237. The lowest BCUT2D eigenvalue weighted by molar-refractivity contribution is -0.0558. The Labute approximate surface area is 127 Å². The number of halogens is 1. The molecule has 1 heterocycles. The molecule has 2 unspecified atom stereocenters. The third-order valence-electron chi connectivity index (χ3n) is 4.68. The average Bonchev–Trinajstić information content (AvgIpc) is 2.91. The van der Waals surface area contributed by atoms with Gasteiger partial charge in [0, 0.05) is 17.9 Å². The third-order valence-corrected chi connectivity index (χ3v) is 5.24. The van der Waals surface area contributed by atoms with Gasteiger partial charge in [0.05, 0.1) is 12.7 Å². The lowest BCUT2D eigenvalue weighted by Gasteiger charge is -2.37. The number of fused-ring (bicyclic) bond motifs is 1. The van der Waals surface area contributed by atoms with Crippen molar-refractivity contribution in [2.24, 2.45) is 0 Å². The maximum Gasteiger partial charge on any atom is 0.0730 e. The molecule has 0 aromatic carbocycles. The summed E-state index contributed by atoms with van der Waals surface area (Å²) in [6, 6.07) is 0.757. The van der Waals surface area contributed by atoms with Crippen molar-refractivity contribution < 1.29 is 4.74 Å². The summed E-state index contributed by atoms with van der Waals surface area (Å²) in [5.74, 6) is 0. The fraction of sp³-hybridized carbons (Fsp3) is 1.00. The van der Waals surface area contributed by atoms with Gasteiger partial charge < -0.3 is 4.74 Å². The summed E-state index contributed by atoms with van der Waals surface area (Å²) in [6.45, 7) is 3.45. The van der Waals surface area contributed by atoms with E-state index in [0.717, 1.165) is 12.6 Å². The zero-order chi connectivity index (χ0) is 13.3. The second-order valence-corrected chi connectivity index (χ2v) is 6.90. The first-order chi connectivity index (χ1) is 9.42. The third kappa shape index (κ3) is 5.35. The van der Waals surface area contributed by atoms with Crippen molar-refractivity contribution >= 4 is 15.9 Å². The Balaban J connectivity index is 1.48. The molecular weight excluding hydrogens is 302 g/mol. The molecule has 0 N–H and O–H groups in total. The Kier molecular flexibility index (Phi) is 7.77. The van der Waals surface area contributed by atoms with Crippen LogP contribution in [0.1, 0.15) is 64.2 Å². The molecule has 2 aliphatic rings. The van der Waals surface area contributed by atoms with Crippen LogP contribution in [-0.2, 0) is 4.74 Å². The van der Waals surface area contributed by atoms with Crippen molar-refractivity contribution in [3.8, 4) is 0 Å². The number of unbranched alkanes of at least 4 members (excludes halogenated alkanes) is 6. The molecule has 2 nitrogen and oxygen atoms in total. The van der Waals surface area contributed by atoms with E-state index in [1.54, 1.807) is 0 Å². The molecule has 1 saturated heterocycles. The van der Waals surface area contributed by atoms with Crippen LogP contribution >= 0.6 is 15.9 Å². The Morgan fingerprint density at radius 3 is 2.47 bits per heavy atom. The normalized spacial score (nSPS) is 27.6. The van der Waals surface area contributed by atoms with Gasteiger partial charge in [-0.25, -0.2) is 0 Å². The van der Waals surface area contributed by atoms with E-state index in [1.165, 1.54) is 82.6 Å². The number of rotatable bonds is 9. The van der Waals surface area contributed by atoms with E-state index in [9.17, 15) is 0 Å². The van der Waals surface area contributed by atoms with E-state index in [4.69, 9.17) is 4.74 Å². The molecule has 0 amide bonds. The molecule has 1 aliphatic carbocycles. The molecule has 1 aliphatic heterocycles. The summed E-state index contributed by atoms with van der Waals surface area (Å²) in [5, 5.41) is 1.17. The maximum atomic E-state index is 5.87. The van der Waals surface area contributed by atoms with Gasteiger partial charge in [-0.05, 0) is 38.6 Å². The number of nitrogens with zero attached hydrogens (tertiary/aromatic N) is 1. The smallest absolute Gasteiger partial charge is 0.0730 e. The molecule has 1 saturated carbocycles. The van der Waals surface area contributed by atoms with Gasteiger partial charge >= 0.3 is 0 Å². The molecule has 0 aromatic heterocycles. The van der Waals surface area contributed by atoms with E-state index >= 15 is 0 Å². The molecule has 0 radical (unpaired) electrons. The van der Waals surface area contributed by atoms with Gasteiger partial charge in [-0.15, -0.1) is 0 Å². The molecule has 0 bridgehead atoms. The first-order valence-electron chi connectivity index (χ1n) is 8.33. The second-order valence-electron chi connectivity index (χ2n) is 6.11. The molecular formula is C16H30BrNO. The number of hydrogen-bond acceptors (Lipinski definition) is 2. The van der Waals surface area contributed by atoms with Crippen molar-refractivity contribution in [2.45, 2.75) is 76.4 Å². The molecule has 0 spiro atoms. The molecule has 19 heavy (non-hydrogen) atoms. The van der Waals surface area contributed by atoms with Gasteiger partial charge in [0.1, 0.15) is 0 Å². The fourth-order valence-corrected chi connectivity index (χ4v) is 3.97. The second kappa shape index (κ2) is 9.36. The summed E-state index contributed by atoms with van der Waals surface area (Å²) in [7, 11) is 0. The minimum Gasteiger partial charge on any atom is -0.375 e. The van der Waals surface area contributed by atoms with Crippen molar-refractivity contribution in [2.75, 3.05) is 25.0 Å². The van der Waals surface area contributed by atoms with Crippen molar-refractivity contribution in [3.63, 3.8) is 0 Å². The van der Waals surface area contributed by atoms with Crippen molar-refractivity contribution in [3.05, 3.63) is 0 Å². The highest BCUT2D eigenvalue weighted by molar-refractivity contribution is 9.09. The summed E-state index contributed by atoms with van der Waals surface area (Å²) < 4.78 is 5.87. The lowest BCUT2D eigenvalue weighted by Crippen LogP contribution is -2.48. The van der Waals surface area contributed by atoms with Gasteiger partial charge in [0.25, 0.3) is 0 Å². The predicted molar refractivity (Wildman–Crippen MR) is 85.1 cm³/mol. The highest BCUT2D eigenvalue weighted by Gasteiger charge is 2.35. The van der Waals surface area contributed by atoms with Gasteiger partial charge in [-0.1, -0.05) is 48.0 Å². The SMILES string of the molecule is BrCCCCCCCCCN1CCOC2CCCC21. The van der Waals surface area contributed by atoms with Crippen LogP contribution in [0.3, 0.4) is 0 Å². The minimum absolute atomic E-state index is 0.568. The van der Waals surface area contributed by atoms with Crippen LogP contribution in [0.25, 0.3) is 0 Å². The first kappa shape index (κ1) is 15.8. The summed E-state index contributed by atoms with van der Waals surface area (Å²) in [6.07, 6.45) is 14.5. The van der Waals surface area contributed by atoms with E-state index in [2.05, 4.69) is 20.8 Å². The molecule has 0 aromatic rings. The zero-order valence-electron chi connectivity index (χ0n) is 12.3. The standard InChI is InChI=1S/C16H30BrNO/c17-11-6-4-2-1-3-5-7-12-18-13-14-19-16-10-8-9-15(16)18/h15-16H,1-14H2. The largest absolute Gasteiger partial charge is 0.375 e. The summed E-state index contributed by atoms with van der Waals surface area (Å²) in [5.41, 5.74) is 0. The predicted octanol–water partition coefficient (Wildman–Crippen LogP) is 4.37. The van der Waals surface area contributed by atoms with E-state index in [-0.39, 0.29) is 0 Å². The number of morpholine rings is 1. The quantitative estimate of drug-likeness (QED) is 0.459. The van der Waals surface area contributed by atoms with Crippen molar-refractivity contribution in [1.29, 1.82) is 0 Å². The molecule has 2 atom stereocenters. The number of hydrogen-bond donors (Lipinski definition) is 0. The summed E-state index contributed by atoms with van der Waals surface area (Å²) in [4.78, 5) is 2.71. The molecule has 2 rings (SSSR count). The maximum absolute atomic E-state index is 5.87.